The summed E-state index contributed by atoms with van der Waals surface area (Å²) in [5, 5.41) is 2.69. The molecule has 0 atom stereocenters. The van der Waals surface area contributed by atoms with E-state index < -0.39 is 5.97 Å². The molecule has 3 rings (SSSR count). The maximum Gasteiger partial charge on any atom is 0.338 e. The first-order valence-electron chi connectivity index (χ1n) is 8.86. The van der Waals surface area contributed by atoms with E-state index in [0.29, 0.717) is 11.3 Å². The molecule has 0 aliphatic heterocycles. The quantitative estimate of drug-likeness (QED) is 0.641. The van der Waals surface area contributed by atoms with Gasteiger partial charge >= 0.3 is 5.97 Å². The van der Waals surface area contributed by atoms with E-state index in [2.05, 4.69) is 17.4 Å². The van der Waals surface area contributed by atoms with Crippen molar-refractivity contribution in [3.05, 3.63) is 102 Å². The number of benzene rings is 3. The number of anilines is 1. The highest BCUT2D eigenvalue weighted by Crippen LogP contribution is 2.14. The van der Waals surface area contributed by atoms with E-state index in [9.17, 15) is 9.59 Å². The zero-order chi connectivity index (χ0) is 18.9. The number of aryl methyl sites for hydroxylation is 2. The number of carbonyl (C=O) groups excluding carboxylic acids is 2. The van der Waals surface area contributed by atoms with Crippen LogP contribution in [0.2, 0.25) is 0 Å². The third-order valence-electron chi connectivity index (χ3n) is 4.16. The van der Waals surface area contributed by atoms with E-state index in [1.165, 1.54) is 5.56 Å². The molecule has 0 aliphatic carbocycles. The van der Waals surface area contributed by atoms with Gasteiger partial charge in [0.15, 0.2) is 6.61 Å². The average Bonchev–Trinajstić information content (AvgIpc) is 2.72. The second-order valence-electron chi connectivity index (χ2n) is 6.13. The minimum atomic E-state index is -0.484. The van der Waals surface area contributed by atoms with Gasteiger partial charge in [0.25, 0.3) is 5.91 Å². The largest absolute Gasteiger partial charge is 0.452 e. The number of para-hydroxylation sites is 1. The molecule has 0 fully saturated rings. The van der Waals surface area contributed by atoms with Gasteiger partial charge in [-0.2, -0.15) is 0 Å². The fraction of sp³-hybridized carbons (Fsp3) is 0.130. The first-order valence-corrected chi connectivity index (χ1v) is 8.86. The predicted octanol–water partition coefficient (Wildman–Crippen LogP) is 4.27. The van der Waals surface area contributed by atoms with Crippen molar-refractivity contribution in [3.8, 4) is 0 Å². The molecule has 1 N–H and O–H groups in total. The van der Waals surface area contributed by atoms with Crippen LogP contribution in [0.1, 0.15) is 21.5 Å². The van der Waals surface area contributed by atoms with E-state index in [1.807, 2.05) is 48.5 Å². The van der Waals surface area contributed by atoms with Gasteiger partial charge in [-0.05, 0) is 42.2 Å². The lowest BCUT2D eigenvalue weighted by Gasteiger charge is -2.10. The van der Waals surface area contributed by atoms with Gasteiger partial charge in [0.2, 0.25) is 0 Å². The lowest BCUT2D eigenvalue weighted by atomic mass is 10.00. The van der Waals surface area contributed by atoms with Crippen molar-refractivity contribution in [2.75, 3.05) is 11.9 Å². The molecular weight excluding hydrogens is 338 g/mol. The highest BCUT2D eigenvalue weighted by molar-refractivity contribution is 5.96. The smallest absolute Gasteiger partial charge is 0.338 e. The fourth-order valence-corrected chi connectivity index (χ4v) is 2.79. The zero-order valence-corrected chi connectivity index (χ0v) is 14.9. The molecule has 3 aromatic rings. The predicted molar refractivity (Wildman–Crippen MR) is 106 cm³/mol. The number of hydrogen-bond donors (Lipinski definition) is 1. The van der Waals surface area contributed by atoms with Gasteiger partial charge < -0.3 is 10.1 Å². The zero-order valence-electron chi connectivity index (χ0n) is 14.9. The van der Waals surface area contributed by atoms with Crippen LogP contribution in [0.3, 0.4) is 0 Å². The van der Waals surface area contributed by atoms with Crippen LogP contribution in [0.15, 0.2) is 84.9 Å². The molecule has 0 aromatic heterocycles. The molecule has 136 valence electrons. The second kappa shape index (κ2) is 9.34. The molecule has 0 bridgehead atoms. The Balaban J connectivity index is 1.57. The first-order chi connectivity index (χ1) is 13.2. The van der Waals surface area contributed by atoms with Crippen LogP contribution in [-0.4, -0.2) is 18.5 Å². The molecular formula is C23H21NO3. The number of rotatable bonds is 7. The average molecular weight is 359 g/mol. The summed E-state index contributed by atoms with van der Waals surface area (Å²) in [6, 6.07) is 26.5. The van der Waals surface area contributed by atoms with E-state index in [4.69, 9.17) is 4.74 Å². The SMILES string of the molecule is O=C(COC(=O)c1ccccc1CCc1ccccc1)Nc1ccccc1. The number of carbonyl (C=O) groups is 2. The van der Waals surface area contributed by atoms with Crippen LogP contribution in [-0.2, 0) is 22.4 Å². The minimum absolute atomic E-state index is 0.319. The maximum absolute atomic E-state index is 12.4. The van der Waals surface area contributed by atoms with Crippen LogP contribution in [0, 0.1) is 0 Å². The van der Waals surface area contributed by atoms with Crippen molar-refractivity contribution >= 4 is 17.6 Å². The molecule has 4 nitrogen and oxygen atoms in total. The normalized spacial score (nSPS) is 10.2. The molecule has 4 heteroatoms. The Morgan fingerprint density at radius 3 is 2.11 bits per heavy atom. The van der Waals surface area contributed by atoms with Crippen molar-refractivity contribution < 1.29 is 14.3 Å². The molecule has 0 heterocycles. The summed E-state index contributed by atoms with van der Waals surface area (Å²) < 4.78 is 5.20. The van der Waals surface area contributed by atoms with Crippen LogP contribution in [0.5, 0.6) is 0 Å². The molecule has 3 aromatic carbocycles. The van der Waals surface area contributed by atoms with E-state index in [1.54, 1.807) is 24.3 Å². The molecule has 0 spiro atoms. The van der Waals surface area contributed by atoms with Crippen molar-refractivity contribution in [2.24, 2.45) is 0 Å². The van der Waals surface area contributed by atoms with Gasteiger partial charge in [-0.25, -0.2) is 4.79 Å². The van der Waals surface area contributed by atoms with E-state index in [-0.39, 0.29) is 12.5 Å². The molecule has 0 saturated carbocycles. The van der Waals surface area contributed by atoms with Crippen LogP contribution in [0.4, 0.5) is 5.69 Å². The molecule has 0 aliphatic rings. The van der Waals surface area contributed by atoms with Gasteiger partial charge in [0.05, 0.1) is 5.56 Å². The summed E-state index contributed by atoms with van der Waals surface area (Å²) in [6.07, 6.45) is 1.56. The fourth-order valence-electron chi connectivity index (χ4n) is 2.79. The lowest BCUT2D eigenvalue weighted by molar-refractivity contribution is -0.119. The second-order valence-corrected chi connectivity index (χ2v) is 6.13. The monoisotopic (exact) mass is 359 g/mol. The van der Waals surface area contributed by atoms with Crippen molar-refractivity contribution in [1.82, 2.24) is 0 Å². The molecule has 0 saturated heterocycles. The van der Waals surface area contributed by atoms with Crippen molar-refractivity contribution in [1.29, 1.82) is 0 Å². The first kappa shape index (κ1) is 18.4. The van der Waals surface area contributed by atoms with Crippen LogP contribution >= 0.6 is 0 Å². The molecule has 0 radical (unpaired) electrons. The van der Waals surface area contributed by atoms with E-state index >= 15 is 0 Å². The number of esters is 1. The van der Waals surface area contributed by atoms with Crippen LogP contribution < -0.4 is 5.32 Å². The maximum atomic E-state index is 12.4. The third-order valence-corrected chi connectivity index (χ3v) is 4.16. The Morgan fingerprint density at radius 2 is 1.37 bits per heavy atom. The molecule has 0 unspecified atom stereocenters. The summed E-state index contributed by atoms with van der Waals surface area (Å²) >= 11 is 0. The Hall–Kier alpha value is -3.40. The highest BCUT2D eigenvalue weighted by atomic mass is 16.5. The number of hydrogen-bond acceptors (Lipinski definition) is 3. The van der Waals surface area contributed by atoms with E-state index in [0.717, 1.165) is 18.4 Å². The van der Waals surface area contributed by atoms with Crippen LogP contribution in [0.25, 0.3) is 0 Å². The van der Waals surface area contributed by atoms with Crippen molar-refractivity contribution in [3.63, 3.8) is 0 Å². The van der Waals surface area contributed by atoms with Gasteiger partial charge in [-0.15, -0.1) is 0 Å². The standard InChI is InChI=1S/C23H21NO3/c25-22(24-20-12-5-2-6-13-20)17-27-23(26)21-14-8-7-11-19(21)16-15-18-9-3-1-4-10-18/h1-14H,15-17H2,(H,24,25). The van der Waals surface area contributed by atoms with Gasteiger partial charge in [-0.1, -0.05) is 66.7 Å². The topological polar surface area (TPSA) is 55.4 Å². The van der Waals surface area contributed by atoms with Gasteiger partial charge in [0.1, 0.15) is 0 Å². The highest BCUT2D eigenvalue weighted by Gasteiger charge is 2.14. The summed E-state index contributed by atoms with van der Waals surface area (Å²) in [5.74, 6) is -0.849. The third kappa shape index (κ3) is 5.54. The van der Waals surface area contributed by atoms with Gasteiger partial charge in [-0.3, -0.25) is 4.79 Å². The lowest BCUT2D eigenvalue weighted by Crippen LogP contribution is -2.21. The number of ether oxygens (including phenoxy) is 1. The summed E-state index contributed by atoms with van der Waals surface area (Å²) in [4.78, 5) is 24.4. The Bertz CT molecular complexity index is 892. The number of amides is 1. The molecule has 1 amide bonds. The van der Waals surface area contributed by atoms with Gasteiger partial charge in [0, 0.05) is 5.69 Å². The Labute approximate surface area is 158 Å². The molecule has 27 heavy (non-hydrogen) atoms. The summed E-state index contributed by atoms with van der Waals surface area (Å²) in [5.41, 5.74) is 3.29. The minimum Gasteiger partial charge on any atom is -0.452 e. The Morgan fingerprint density at radius 1 is 0.741 bits per heavy atom. The number of nitrogens with one attached hydrogen (secondary N) is 1. The summed E-state index contributed by atoms with van der Waals surface area (Å²) in [6.45, 7) is -0.319. The summed E-state index contributed by atoms with van der Waals surface area (Å²) in [7, 11) is 0. The Kier molecular flexibility index (Phi) is 6.36. The van der Waals surface area contributed by atoms with Crippen molar-refractivity contribution in [2.45, 2.75) is 12.8 Å².